The Hall–Kier alpha value is -1.46. The fourth-order valence-corrected chi connectivity index (χ4v) is 4.22. The fourth-order valence-electron chi connectivity index (χ4n) is 4.22. The maximum Gasteiger partial charge on any atom is 0.231 e. The van der Waals surface area contributed by atoms with Crippen LogP contribution in [-0.2, 0) is 9.53 Å². The standard InChI is InChI=1S/C19H27FN2O2/c1-12(2)16-9-14-10-22(11-18(21)23)8-7-17(14)24-19(16)13-3-5-15(20)6-4-13/h3-6,12,14,16-17,19H,7-11H2,1-2H3,(H2,21,23)/t14-,16-,17+,19-/m1/s1. The zero-order valence-electron chi connectivity index (χ0n) is 14.5. The third-order valence-corrected chi connectivity index (χ3v) is 5.47. The lowest BCUT2D eigenvalue weighted by Crippen LogP contribution is -2.51. The molecule has 2 aliphatic heterocycles. The van der Waals surface area contributed by atoms with Crippen LogP contribution in [0.5, 0.6) is 0 Å². The van der Waals surface area contributed by atoms with Crippen LogP contribution in [0.3, 0.4) is 0 Å². The van der Waals surface area contributed by atoms with Crippen molar-refractivity contribution in [3.8, 4) is 0 Å². The van der Waals surface area contributed by atoms with E-state index in [2.05, 4.69) is 18.7 Å². The Morgan fingerprint density at radius 3 is 2.71 bits per heavy atom. The summed E-state index contributed by atoms with van der Waals surface area (Å²) in [5.41, 5.74) is 6.40. The highest BCUT2D eigenvalue weighted by molar-refractivity contribution is 5.75. The summed E-state index contributed by atoms with van der Waals surface area (Å²) < 4.78 is 19.7. The van der Waals surface area contributed by atoms with Gasteiger partial charge in [0.25, 0.3) is 0 Å². The molecule has 2 saturated heterocycles. The Morgan fingerprint density at radius 1 is 1.38 bits per heavy atom. The lowest BCUT2D eigenvalue weighted by atomic mass is 9.74. The number of carbonyl (C=O) groups is 1. The van der Waals surface area contributed by atoms with Gasteiger partial charge in [-0.05, 0) is 48.3 Å². The molecule has 1 amide bonds. The van der Waals surface area contributed by atoms with Gasteiger partial charge in [0.1, 0.15) is 5.82 Å². The summed E-state index contributed by atoms with van der Waals surface area (Å²) in [4.78, 5) is 13.3. The third kappa shape index (κ3) is 3.78. The van der Waals surface area contributed by atoms with Crippen molar-refractivity contribution in [2.24, 2.45) is 23.5 Å². The van der Waals surface area contributed by atoms with E-state index in [1.165, 1.54) is 12.1 Å². The monoisotopic (exact) mass is 334 g/mol. The summed E-state index contributed by atoms with van der Waals surface area (Å²) >= 11 is 0. The number of primary amides is 1. The van der Waals surface area contributed by atoms with E-state index in [1.807, 2.05) is 12.1 Å². The van der Waals surface area contributed by atoms with Crippen molar-refractivity contribution in [3.05, 3.63) is 35.6 Å². The zero-order valence-corrected chi connectivity index (χ0v) is 14.5. The molecule has 2 aliphatic rings. The number of nitrogens with zero attached hydrogens (tertiary/aromatic N) is 1. The van der Waals surface area contributed by atoms with Gasteiger partial charge in [-0.25, -0.2) is 4.39 Å². The number of carbonyl (C=O) groups excluding carboxylic acids is 1. The molecule has 0 spiro atoms. The van der Waals surface area contributed by atoms with Gasteiger partial charge in [-0.2, -0.15) is 0 Å². The molecule has 0 aliphatic carbocycles. The minimum Gasteiger partial charge on any atom is -0.370 e. The Balaban J connectivity index is 1.75. The van der Waals surface area contributed by atoms with Crippen LogP contribution < -0.4 is 5.73 Å². The van der Waals surface area contributed by atoms with E-state index in [-0.39, 0.29) is 23.9 Å². The van der Waals surface area contributed by atoms with E-state index in [0.717, 1.165) is 31.5 Å². The normalized spacial score (nSPS) is 31.0. The number of hydrogen-bond donors (Lipinski definition) is 1. The van der Waals surface area contributed by atoms with E-state index in [4.69, 9.17) is 10.5 Å². The summed E-state index contributed by atoms with van der Waals surface area (Å²) in [6.45, 7) is 6.47. The quantitative estimate of drug-likeness (QED) is 0.921. The minimum absolute atomic E-state index is 0.0227. The van der Waals surface area contributed by atoms with Crippen molar-refractivity contribution < 1.29 is 13.9 Å². The molecule has 0 radical (unpaired) electrons. The van der Waals surface area contributed by atoms with Crippen molar-refractivity contribution in [3.63, 3.8) is 0 Å². The first-order chi connectivity index (χ1) is 11.4. The highest BCUT2D eigenvalue weighted by Crippen LogP contribution is 2.45. The van der Waals surface area contributed by atoms with Crippen LogP contribution in [-0.4, -0.2) is 36.5 Å². The van der Waals surface area contributed by atoms with E-state index in [9.17, 15) is 9.18 Å². The van der Waals surface area contributed by atoms with Gasteiger partial charge in [-0.3, -0.25) is 9.69 Å². The second-order valence-corrected chi connectivity index (χ2v) is 7.54. The van der Waals surface area contributed by atoms with Gasteiger partial charge < -0.3 is 10.5 Å². The van der Waals surface area contributed by atoms with Gasteiger partial charge >= 0.3 is 0 Å². The summed E-state index contributed by atoms with van der Waals surface area (Å²) in [7, 11) is 0. The molecule has 2 fully saturated rings. The number of fused-ring (bicyclic) bond motifs is 1. The van der Waals surface area contributed by atoms with Crippen LogP contribution in [0.4, 0.5) is 4.39 Å². The van der Waals surface area contributed by atoms with E-state index >= 15 is 0 Å². The molecule has 132 valence electrons. The Labute approximate surface area is 143 Å². The Bertz CT molecular complexity index is 575. The van der Waals surface area contributed by atoms with Crippen molar-refractivity contribution in [2.45, 2.75) is 38.9 Å². The predicted octanol–water partition coefficient (Wildman–Crippen LogP) is 2.74. The van der Waals surface area contributed by atoms with Gasteiger partial charge in [-0.1, -0.05) is 26.0 Å². The number of ether oxygens (including phenoxy) is 1. The highest BCUT2D eigenvalue weighted by atomic mass is 19.1. The molecule has 2 heterocycles. The molecular weight excluding hydrogens is 307 g/mol. The van der Waals surface area contributed by atoms with Gasteiger partial charge in [-0.15, -0.1) is 0 Å². The highest BCUT2D eigenvalue weighted by Gasteiger charge is 2.42. The molecule has 3 rings (SSSR count). The topological polar surface area (TPSA) is 55.6 Å². The molecule has 5 heteroatoms. The number of likely N-dealkylation sites (tertiary alicyclic amines) is 1. The van der Waals surface area contributed by atoms with Gasteiger partial charge in [0, 0.05) is 13.1 Å². The van der Waals surface area contributed by atoms with Crippen LogP contribution in [0.2, 0.25) is 0 Å². The first-order valence-corrected chi connectivity index (χ1v) is 8.85. The molecule has 4 atom stereocenters. The largest absolute Gasteiger partial charge is 0.370 e. The molecule has 1 aromatic rings. The molecule has 0 unspecified atom stereocenters. The maximum absolute atomic E-state index is 13.2. The summed E-state index contributed by atoms with van der Waals surface area (Å²) in [6.07, 6.45) is 2.22. The number of halogens is 1. The first kappa shape index (κ1) is 17.4. The summed E-state index contributed by atoms with van der Waals surface area (Å²) in [6, 6.07) is 6.71. The predicted molar refractivity (Wildman–Crippen MR) is 90.7 cm³/mol. The fraction of sp³-hybridized carbons (Fsp3) is 0.632. The molecule has 0 saturated carbocycles. The smallest absolute Gasteiger partial charge is 0.231 e. The average Bonchev–Trinajstić information content (AvgIpc) is 2.53. The van der Waals surface area contributed by atoms with Gasteiger partial charge in [0.05, 0.1) is 18.8 Å². The lowest BCUT2D eigenvalue weighted by Gasteiger charge is -2.48. The zero-order chi connectivity index (χ0) is 17.3. The van der Waals surface area contributed by atoms with Gasteiger partial charge in [0.15, 0.2) is 0 Å². The average molecular weight is 334 g/mol. The molecule has 1 aromatic carbocycles. The number of benzene rings is 1. The van der Waals surface area contributed by atoms with Crippen LogP contribution >= 0.6 is 0 Å². The number of amides is 1. The number of hydrogen-bond acceptors (Lipinski definition) is 3. The van der Waals surface area contributed by atoms with Crippen LogP contribution in [0, 0.1) is 23.6 Å². The van der Waals surface area contributed by atoms with E-state index in [0.29, 0.717) is 24.3 Å². The third-order valence-electron chi connectivity index (χ3n) is 5.47. The second kappa shape index (κ2) is 7.19. The molecule has 24 heavy (non-hydrogen) atoms. The van der Waals surface area contributed by atoms with Gasteiger partial charge in [0.2, 0.25) is 5.91 Å². The summed E-state index contributed by atoms with van der Waals surface area (Å²) in [5.74, 6) is 0.822. The first-order valence-electron chi connectivity index (χ1n) is 8.85. The molecule has 0 aromatic heterocycles. The molecular formula is C19H27FN2O2. The van der Waals surface area contributed by atoms with Crippen molar-refractivity contribution in [2.75, 3.05) is 19.6 Å². The number of rotatable bonds is 4. The molecule has 0 bridgehead atoms. The van der Waals surface area contributed by atoms with Crippen LogP contribution in [0.15, 0.2) is 24.3 Å². The molecule has 4 nitrogen and oxygen atoms in total. The van der Waals surface area contributed by atoms with Crippen molar-refractivity contribution in [1.82, 2.24) is 4.90 Å². The van der Waals surface area contributed by atoms with E-state index < -0.39 is 0 Å². The number of piperidine rings is 1. The number of nitrogens with two attached hydrogens (primary N) is 1. The maximum atomic E-state index is 13.2. The second-order valence-electron chi connectivity index (χ2n) is 7.54. The van der Waals surface area contributed by atoms with Crippen LogP contribution in [0.1, 0.15) is 38.4 Å². The Kier molecular flexibility index (Phi) is 5.21. The molecule has 2 N–H and O–H groups in total. The minimum atomic E-state index is -0.269. The van der Waals surface area contributed by atoms with E-state index in [1.54, 1.807) is 0 Å². The summed E-state index contributed by atoms with van der Waals surface area (Å²) in [5, 5.41) is 0. The SMILES string of the molecule is CC(C)[C@H]1C[C@@H]2CN(CC(N)=O)CC[C@@H]2O[C@@H]1c1ccc(F)cc1. The lowest BCUT2D eigenvalue weighted by molar-refractivity contribution is -0.152. The van der Waals surface area contributed by atoms with Crippen molar-refractivity contribution in [1.29, 1.82) is 0 Å². The van der Waals surface area contributed by atoms with Crippen LogP contribution in [0.25, 0.3) is 0 Å². The van der Waals surface area contributed by atoms with Crippen molar-refractivity contribution >= 4 is 5.91 Å². The Morgan fingerprint density at radius 2 is 2.08 bits per heavy atom.